The van der Waals surface area contributed by atoms with Crippen LogP contribution < -0.4 is 10.4 Å². The Morgan fingerprint density at radius 2 is 1.46 bits per heavy atom. The molecule has 2 aliphatic rings. The number of hydrogen-bond acceptors (Lipinski definition) is 7. The second kappa shape index (κ2) is 9.70. The van der Waals surface area contributed by atoms with Crippen LogP contribution in [0.2, 0.25) is 5.04 Å². The smallest absolute Gasteiger partial charge is 0.264 e. The first-order valence-corrected chi connectivity index (χ1v) is 15.7. The van der Waals surface area contributed by atoms with Crippen LogP contribution in [0.4, 0.5) is 0 Å². The third-order valence-corrected chi connectivity index (χ3v) is 12.2. The molecule has 2 aliphatic heterocycles. The van der Waals surface area contributed by atoms with E-state index >= 15 is 0 Å². The summed E-state index contributed by atoms with van der Waals surface area (Å²) in [5.74, 6) is -1.18. The third kappa shape index (κ3) is 5.56. The maximum Gasteiger partial charge on any atom is 0.264 e. The highest BCUT2D eigenvalue weighted by molar-refractivity contribution is 7.85. The summed E-state index contributed by atoms with van der Waals surface area (Å²) in [6, 6.07) is 20.7. The van der Waals surface area contributed by atoms with Gasteiger partial charge in [0.2, 0.25) is 0 Å². The highest BCUT2D eigenvalue weighted by Crippen LogP contribution is 2.42. The van der Waals surface area contributed by atoms with Crippen LogP contribution >= 0.6 is 0 Å². The fourth-order valence-corrected chi connectivity index (χ4v) is 10.1. The van der Waals surface area contributed by atoms with E-state index in [4.69, 9.17) is 22.8 Å². The van der Waals surface area contributed by atoms with Gasteiger partial charge in [0.05, 0.1) is 25.6 Å². The van der Waals surface area contributed by atoms with Gasteiger partial charge in [0, 0.05) is 5.92 Å². The Bertz CT molecular complexity index is 1060. The highest BCUT2D eigenvalue weighted by Gasteiger charge is 2.56. The maximum absolute atomic E-state index is 11.8. The van der Waals surface area contributed by atoms with Crippen molar-refractivity contribution in [3.8, 4) is 0 Å². The second-order valence-electron chi connectivity index (χ2n) is 10.8. The van der Waals surface area contributed by atoms with E-state index < -0.39 is 42.7 Å². The van der Waals surface area contributed by atoms with Crippen molar-refractivity contribution in [2.45, 2.75) is 63.9 Å². The molecule has 2 aromatic carbocycles. The van der Waals surface area contributed by atoms with Crippen LogP contribution in [0, 0.1) is 5.92 Å². The van der Waals surface area contributed by atoms with Gasteiger partial charge in [-0.25, -0.2) is 0 Å². The van der Waals surface area contributed by atoms with Crippen molar-refractivity contribution >= 4 is 28.8 Å². The van der Waals surface area contributed by atoms with Gasteiger partial charge in [-0.1, -0.05) is 81.4 Å². The highest BCUT2D eigenvalue weighted by atomic mass is 32.2. The second-order valence-corrected chi connectivity index (χ2v) is 16.7. The summed E-state index contributed by atoms with van der Waals surface area (Å²) in [6.45, 7) is 10.5. The van der Waals surface area contributed by atoms with Gasteiger partial charge in [0.25, 0.3) is 18.4 Å². The third-order valence-electron chi connectivity index (χ3n) is 6.65. The largest absolute Gasteiger partial charge is 0.405 e. The lowest BCUT2D eigenvalue weighted by molar-refractivity contribution is -0.213. The minimum absolute atomic E-state index is 0.0613. The SMILES string of the molecule is CC1(C)O[C@H]2O[C@H](CO[Si](c3ccccc3)(c3ccccc3)C(C)(C)C)[C@@H](COS(C)(=O)=O)[C@H]2O1. The fraction of sp³-hybridized carbons (Fsp3) is 0.538. The Morgan fingerprint density at radius 3 is 1.94 bits per heavy atom. The molecule has 192 valence electrons. The Labute approximate surface area is 209 Å². The standard InChI is InChI=1S/C26H36O7SSi/c1-25(2,3)35(19-13-9-7-10-14-19,20-15-11-8-12-16-20)30-18-22-21(17-29-34(6,27)28)23-24(31-22)33-26(4,5)32-23/h7-16,21-24H,17-18H2,1-6H3/t21-,22-,23-,24-/m1/s1. The first kappa shape index (κ1) is 26.5. The summed E-state index contributed by atoms with van der Waals surface area (Å²) in [6.07, 6.45) is -0.459. The molecule has 0 bridgehead atoms. The molecule has 0 unspecified atom stereocenters. The molecule has 0 saturated carbocycles. The Balaban J connectivity index is 1.67. The van der Waals surface area contributed by atoms with Gasteiger partial charge in [-0.3, -0.25) is 4.18 Å². The number of benzene rings is 2. The molecule has 7 nitrogen and oxygen atoms in total. The van der Waals surface area contributed by atoms with E-state index in [0.717, 1.165) is 16.6 Å². The first-order valence-electron chi connectivity index (χ1n) is 11.9. The number of rotatable bonds is 8. The van der Waals surface area contributed by atoms with Crippen molar-refractivity contribution < 1.29 is 31.2 Å². The van der Waals surface area contributed by atoms with Crippen LogP contribution in [0.25, 0.3) is 0 Å². The molecule has 2 fully saturated rings. The van der Waals surface area contributed by atoms with E-state index in [1.807, 2.05) is 50.2 Å². The van der Waals surface area contributed by atoms with E-state index in [1.165, 1.54) is 0 Å². The average Bonchev–Trinajstić information content (AvgIpc) is 3.23. The van der Waals surface area contributed by atoms with Gasteiger partial charge in [0.15, 0.2) is 12.1 Å². The van der Waals surface area contributed by atoms with Crippen molar-refractivity contribution in [2.24, 2.45) is 5.92 Å². The molecular weight excluding hydrogens is 484 g/mol. The lowest BCUT2D eigenvalue weighted by atomic mass is 10.0. The predicted octanol–water partition coefficient (Wildman–Crippen LogP) is 3.03. The van der Waals surface area contributed by atoms with Crippen LogP contribution in [0.5, 0.6) is 0 Å². The normalized spacial score (nSPS) is 26.6. The minimum atomic E-state index is -3.63. The molecule has 9 heteroatoms. The molecule has 4 atom stereocenters. The summed E-state index contributed by atoms with van der Waals surface area (Å²) in [7, 11) is -6.42. The molecule has 0 radical (unpaired) electrons. The zero-order chi connectivity index (χ0) is 25.5. The van der Waals surface area contributed by atoms with E-state index in [0.29, 0.717) is 0 Å². The van der Waals surface area contributed by atoms with E-state index in [9.17, 15) is 8.42 Å². The molecule has 0 aliphatic carbocycles. The van der Waals surface area contributed by atoms with Gasteiger partial charge in [-0.05, 0) is 29.3 Å². The van der Waals surface area contributed by atoms with Crippen LogP contribution in [-0.2, 0) is 32.9 Å². The van der Waals surface area contributed by atoms with Crippen LogP contribution in [0.1, 0.15) is 34.6 Å². The molecule has 2 aromatic rings. The molecule has 2 saturated heterocycles. The van der Waals surface area contributed by atoms with Gasteiger partial charge in [0.1, 0.15) is 6.10 Å². The van der Waals surface area contributed by atoms with Crippen LogP contribution in [-0.4, -0.2) is 60.5 Å². The number of ether oxygens (including phenoxy) is 3. The lowest BCUT2D eigenvalue weighted by Gasteiger charge is -2.43. The molecule has 0 N–H and O–H groups in total. The Kier molecular flexibility index (Phi) is 7.34. The van der Waals surface area contributed by atoms with E-state index in [-0.39, 0.29) is 24.2 Å². The van der Waals surface area contributed by atoms with Crippen molar-refractivity contribution in [3.05, 3.63) is 60.7 Å². The van der Waals surface area contributed by atoms with Gasteiger partial charge < -0.3 is 18.6 Å². The zero-order valence-electron chi connectivity index (χ0n) is 21.3. The molecule has 2 heterocycles. The predicted molar refractivity (Wildman–Crippen MR) is 137 cm³/mol. The van der Waals surface area contributed by atoms with Crippen molar-refractivity contribution in [1.82, 2.24) is 0 Å². The zero-order valence-corrected chi connectivity index (χ0v) is 23.1. The summed E-state index contributed by atoms with van der Waals surface area (Å²) in [4.78, 5) is 0. The molecule has 0 amide bonds. The van der Waals surface area contributed by atoms with Gasteiger partial charge >= 0.3 is 0 Å². The van der Waals surface area contributed by atoms with Crippen molar-refractivity contribution in [3.63, 3.8) is 0 Å². The number of fused-ring (bicyclic) bond motifs is 1. The molecular formula is C26H36O7SSi. The van der Waals surface area contributed by atoms with Gasteiger partial charge in [-0.2, -0.15) is 8.42 Å². The average molecular weight is 521 g/mol. The summed E-state index contributed by atoms with van der Waals surface area (Å²) >= 11 is 0. The summed E-state index contributed by atoms with van der Waals surface area (Å²) in [5, 5.41) is 2.13. The quantitative estimate of drug-likeness (QED) is 0.391. The van der Waals surface area contributed by atoms with E-state index in [1.54, 1.807) is 0 Å². The Hall–Kier alpha value is -1.59. The monoisotopic (exact) mass is 520 g/mol. The van der Waals surface area contributed by atoms with E-state index in [2.05, 4.69) is 45.0 Å². The summed E-state index contributed by atoms with van der Waals surface area (Å²) < 4.78 is 54.1. The van der Waals surface area contributed by atoms with Crippen molar-refractivity contribution in [2.75, 3.05) is 19.5 Å². The minimum Gasteiger partial charge on any atom is -0.405 e. The topological polar surface area (TPSA) is 80.3 Å². The lowest BCUT2D eigenvalue weighted by Crippen LogP contribution is -2.67. The molecule has 0 aromatic heterocycles. The van der Waals surface area contributed by atoms with Crippen LogP contribution in [0.15, 0.2) is 60.7 Å². The summed E-state index contributed by atoms with van der Waals surface area (Å²) in [5.41, 5.74) is 0. The first-order chi connectivity index (χ1) is 16.3. The number of hydrogen-bond donors (Lipinski definition) is 0. The fourth-order valence-electron chi connectivity index (χ4n) is 5.17. The molecule has 0 spiro atoms. The van der Waals surface area contributed by atoms with Crippen LogP contribution in [0.3, 0.4) is 0 Å². The molecule has 4 rings (SSSR count). The maximum atomic E-state index is 11.8. The molecule has 35 heavy (non-hydrogen) atoms. The van der Waals surface area contributed by atoms with Gasteiger partial charge in [-0.15, -0.1) is 0 Å². The van der Waals surface area contributed by atoms with Crippen molar-refractivity contribution in [1.29, 1.82) is 0 Å². The Morgan fingerprint density at radius 1 is 0.914 bits per heavy atom.